The molecule has 0 atom stereocenters. The van der Waals surface area contributed by atoms with Crippen LogP contribution in [0.4, 0.5) is 0 Å². The summed E-state index contributed by atoms with van der Waals surface area (Å²) in [5.74, 6) is 5.44. The van der Waals surface area contributed by atoms with Gasteiger partial charge in [-0.2, -0.15) is 5.92 Å². The quantitative estimate of drug-likeness (QED) is 0.278. The van der Waals surface area contributed by atoms with E-state index >= 15 is 0 Å². The minimum Gasteiger partial charge on any atom is -0.478 e. The van der Waals surface area contributed by atoms with Crippen LogP contribution in [0.25, 0.3) is 0 Å². The molecule has 1 aliphatic carbocycles. The molecule has 124 valence electrons. The molecular weight excluding hydrogens is 323 g/mol. The van der Waals surface area contributed by atoms with Crippen LogP contribution in [0.15, 0.2) is 46.1 Å². The van der Waals surface area contributed by atoms with E-state index in [1.165, 1.54) is 17.6 Å². The molecule has 0 aromatic heterocycles. The molecule has 0 bridgehead atoms. The molecule has 1 rings (SSSR count). The van der Waals surface area contributed by atoms with Gasteiger partial charge in [-0.15, -0.1) is 6.08 Å². The van der Waals surface area contributed by atoms with E-state index < -0.39 is 5.97 Å². The van der Waals surface area contributed by atoms with E-state index in [2.05, 4.69) is 46.5 Å². The maximum absolute atomic E-state index is 10.6. The van der Waals surface area contributed by atoms with Gasteiger partial charge in [0.2, 0.25) is 0 Å². The summed E-state index contributed by atoms with van der Waals surface area (Å²) in [5, 5.41) is 8.68. The van der Waals surface area contributed by atoms with Gasteiger partial charge < -0.3 is 5.11 Å². The first-order valence-electron chi connectivity index (χ1n) is 7.83. The molecule has 0 saturated carbocycles. The Morgan fingerprint density at radius 1 is 1.29 bits per heavy atom. The maximum Gasteiger partial charge on any atom is 1.00 e. The molecular formula is C21H26KO2-. The van der Waals surface area contributed by atoms with E-state index in [4.69, 9.17) is 5.11 Å². The molecule has 3 heteroatoms. The van der Waals surface area contributed by atoms with E-state index in [0.717, 1.165) is 18.9 Å². The number of hydrogen-bond acceptors (Lipinski definition) is 1. The third-order valence-electron chi connectivity index (χ3n) is 4.08. The van der Waals surface area contributed by atoms with Crippen LogP contribution in [0.1, 0.15) is 47.0 Å². The zero-order valence-corrected chi connectivity index (χ0v) is 18.7. The largest absolute Gasteiger partial charge is 1.00 e. The summed E-state index contributed by atoms with van der Waals surface area (Å²) >= 11 is 0. The number of carbonyl (C=O) groups is 1. The molecule has 0 fully saturated rings. The SMILES string of the molecule is [CH2-]/C(C#CC1=C(C)CCCC1(C)C)=C([CH2-])/C=C/C(C)=C/C(=O)O.[K+]. The Hall–Kier alpha value is -0.634. The summed E-state index contributed by atoms with van der Waals surface area (Å²) in [7, 11) is 0. The van der Waals surface area contributed by atoms with Gasteiger partial charge >= 0.3 is 57.4 Å². The number of allylic oxidation sites excluding steroid dienone is 7. The second-order valence-corrected chi connectivity index (χ2v) is 6.71. The van der Waals surface area contributed by atoms with Crippen LogP contribution in [0, 0.1) is 31.1 Å². The zero-order valence-electron chi connectivity index (χ0n) is 15.6. The van der Waals surface area contributed by atoms with Crippen molar-refractivity contribution >= 4 is 5.97 Å². The summed E-state index contributed by atoms with van der Waals surface area (Å²) in [6.45, 7) is 16.3. The smallest absolute Gasteiger partial charge is 0.478 e. The molecule has 0 heterocycles. The van der Waals surface area contributed by atoms with Crippen molar-refractivity contribution in [2.75, 3.05) is 0 Å². The molecule has 0 spiro atoms. The van der Waals surface area contributed by atoms with Gasteiger partial charge in [-0.25, -0.2) is 17.8 Å². The van der Waals surface area contributed by atoms with Crippen LogP contribution < -0.4 is 51.4 Å². The molecule has 0 aromatic carbocycles. The van der Waals surface area contributed by atoms with Gasteiger partial charge in [0.25, 0.3) is 0 Å². The first kappa shape index (κ1) is 23.4. The van der Waals surface area contributed by atoms with Crippen LogP contribution in [0.3, 0.4) is 0 Å². The molecule has 0 radical (unpaired) electrons. The van der Waals surface area contributed by atoms with Gasteiger partial charge in [0.05, 0.1) is 0 Å². The second kappa shape index (κ2) is 10.4. The normalized spacial score (nSPS) is 18.4. The topological polar surface area (TPSA) is 37.3 Å². The number of hydrogen-bond donors (Lipinski definition) is 1. The Morgan fingerprint density at radius 3 is 2.46 bits per heavy atom. The van der Waals surface area contributed by atoms with Crippen molar-refractivity contribution in [3.05, 3.63) is 59.9 Å². The minimum absolute atomic E-state index is 0. The standard InChI is InChI=1S/C21H26O2.K/c1-15(14-20(22)23)9-10-16(2)17(3)11-12-19-18(4)8-7-13-21(19,5)6;/h9-10,14H,2-3,7-8,13H2,1,4-6H3,(H,22,23);/q-2;+1/b10-9+,15-14+,17-16-;. The van der Waals surface area contributed by atoms with Crippen molar-refractivity contribution in [3.8, 4) is 11.8 Å². The zero-order chi connectivity index (χ0) is 17.6. The molecule has 1 N–H and O–H groups in total. The number of carboxylic acids is 1. The molecule has 0 aromatic rings. The molecule has 1 aliphatic rings. The Labute approximate surface area is 189 Å². The summed E-state index contributed by atoms with van der Waals surface area (Å²) < 4.78 is 0. The third-order valence-corrected chi connectivity index (χ3v) is 4.08. The fourth-order valence-electron chi connectivity index (χ4n) is 2.69. The molecule has 0 saturated heterocycles. The Kier molecular flexibility index (Phi) is 10.1. The van der Waals surface area contributed by atoms with Gasteiger partial charge in [0.1, 0.15) is 0 Å². The third kappa shape index (κ3) is 7.50. The average molecular weight is 350 g/mol. The molecule has 0 unspecified atom stereocenters. The van der Waals surface area contributed by atoms with Gasteiger partial charge in [0.15, 0.2) is 0 Å². The van der Waals surface area contributed by atoms with Gasteiger partial charge in [0, 0.05) is 6.08 Å². The van der Waals surface area contributed by atoms with Crippen molar-refractivity contribution < 1.29 is 61.3 Å². The maximum atomic E-state index is 10.6. The summed E-state index contributed by atoms with van der Waals surface area (Å²) in [4.78, 5) is 10.6. The first-order valence-corrected chi connectivity index (χ1v) is 7.83. The molecule has 0 amide bonds. The van der Waals surface area contributed by atoms with Gasteiger partial charge in [-0.3, -0.25) is 24.0 Å². The number of carboxylic acid groups (broad SMARTS) is 1. The number of rotatable bonds is 3. The molecule has 2 nitrogen and oxygen atoms in total. The van der Waals surface area contributed by atoms with Crippen molar-refractivity contribution in [1.29, 1.82) is 0 Å². The van der Waals surface area contributed by atoms with Crippen LogP contribution in [-0.4, -0.2) is 11.1 Å². The van der Waals surface area contributed by atoms with Crippen LogP contribution in [-0.2, 0) is 4.79 Å². The van der Waals surface area contributed by atoms with Gasteiger partial charge in [-0.05, 0) is 44.1 Å². The monoisotopic (exact) mass is 349 g/mol. The van der Waals surface area contributed by atoms with Crippen molar-refractivity contribution in [2.24, 2.45) is 5.41 Å². The fourth-order valence-corrected chi connectivity index (χ4v) is 2.69. The van der Waals surface area contributed by atoms with E-state index in [-0.39, 0.29) is 56.8 Å². The average Bonchev–Trinajstić information content (AvgIpc) is 2.42. The second-order valence-electron chi connectivity index (χ2n) is 6.71. The van der Waals surface area contributed by atoms with E-state index in [1.54, 1.807) is 19.1 Å². The van der Waals surface area contributed by atoms with E-state index in [0.29, 0.717) is 16.7 Å². The Bertz CT molecular complexity index is 662. The molecule has 24 heavy (non-hydrogen) atoms. The predicted octanol–water partition coefficient (Wildman–Crippen LogP) is 2.07. The van der Waals surface area contributed by atoms with Crippen LogP contribution in [0.5, 0.6) is 0 Å². The Balaban J connectivity index is 0.00000529. The van der Waals surface area contributed by atoms with Crippen molar-refractivity contribution in [2.45, 2.75) is 47.0 Å². The van der Waals surface area contributed by atoms with Gasteiger partial charge in [-0.1, -0.05) is 25.0 Å². The Morgan fingerprint density at radius 2 is 1.92 bits per heavy atom. The van der Waals surface area contributed by atoms with Crippen molar-refractivity contribution in [1.82, 2.24) is 0 Å². The summed E-state index contributed by atoms with van der Waals surface area (Å²) in [5.41, 5.74) is 4.69. The molecule has 0 aliphatic heterocycles. The van der Waals surface area contributed by atoms with Crippen LogP contribution in [0.2, 0.25) is 0 Å². The van der Waals surface area contributed by atoms with Crippen molar-refractivity contribution in [3.63, 3.8) is 0 Å². The predicted molar refractivity (Wildman–Crippen MR) is 96.4 cm³/mol. The first-order chi connectivity index (χ1) is 10.6. The van der Waals surface area contributed by atoms with E-state index in [1.807, 2.05) is 0 Å². The summed E-state index contributed by atoms with van der Waals surface area (Å²) in [6, 6.07) is 0. The summed E-state index contributed by atoms with van der Waals surface area (Å²) in [6.07, 6.45) is 8.09. The minimum atomic E-state index is -0.960. The fraction of sp³-hybridized carbons (Fsp3) is 0.381. The number of aliphatic carboxylic acids is 1. The van der Waals surface area contributed by atoms with E-state index in [9.17, 15) is 4.79 Å². The van der Waals surface area contributed by atoms with Crippen LogP contribution >= 0.6 is 0 Å².